The van der Waals surface area contributed by atoms with E-state index in [0.717, 1.165) is 25.9 Å². The Morgan fingerprint density at radius 3 is 2.91 bits per heavy atom. The van der Waals surface area contributed by atoms with Gasteiger partial charge in [-0.05, 0) is 40.6 Å². The molecule has 0 amide bonds. The van der Waals surface area contributed by atoms with Crippen molar-refractivity contribution in [1.82, 2.24) is 40.2 Å². The van der Waals surface area contributed by atoms with Crippen LogP contribution in [0.1, 0.15) is 0 Å². The lowest BCUT2D eigenvalue weighted by molar-refractivity contribution is 0.881. The van der Waals surface area contributed by atoms with Gasteiger partial charge in [0, 0.05) is 10.3 Å². The number of aromatic nitrogens is 8. The van der Waals surface area contributed by atoms with E-state index in [1.54, 1.807) is 0 Å². The summed E-state index contributed by atoms with van der Waals surface area (Å²) < 4.78 is 3.87. The summed E-state index contributed by atoms with van der Waals surface area (Å²) >= 11 is 8.62. The minimum Gasteiger partial charge on any atom is -0.332 e. The molecule has 0 fully saturated rings. The highest BCUT2D eigenvalue weighted by molar-refractivity contribution is 8.00. The zero-order valence-corrected chi connectivity index (χ0v) is 13.9. The Bertz CT molecular complexity index is 901. The van der Waals surface area contributed by atoms with Crippen molar-refractivity contribution in [2.24, 2.45) is 0 Å². The van der Waals surface area contributed by atoms with E-state index >= 15 is 0 Å². The maximum Gasteiger partial charge on any atom is 0.238 e. The Morgan fingerprint density at radius 1 is 1.18 bits per heavy atom. The van der Waals surface area contributed by atoms with Crippen LogP contribution in [0.15, 0.2) is 42.6 Å². The number of fused-ring (bicyclic) bond motifs is 1. The lowest BCUT2D eigenvalue weighted by Crippen LogP contribution is -1.81. The average Bonchev–Trinajstić information content (AvgIpc) is 3.24. The number of benzene rings is 1. The molecule has 2 N–H and O–H groups in total. The van der Waals surface area contributed by atoms with Gasteiger partial charge >= 0.3 is 0 Å². The molecule has 0 saturated heterocycles. The number of aromatic amines is 2. The molecule has 8 nitrogen and oxygen atoms in total. The third kappa shape index (κ3) is 2.69. The molecule has 3 aromatic heterocycles. The van der Waals surface area contributed by atoms with Crippen LogP contribution in [0.2, 0.25) is 0 Å². The molecule has 0 radical (unpaired) electrons. The molecule has 22 heavy (non-hydrogen) atoms. The van der Waals surface area contributed by atoms with Crippen LogP contribution in [-0.4, -0.2) is 40.2 Å². The molecule has 12 heteroatoms. The van der Waals surface area contributed by atoms with Gasteiger partial charge in [-0.25, -0.2) is 4.98 Å². The van der Waals surface area contributed by atoms with Gasteiger partial charge in [0.05, 0.1) is 10.4 Å². The first-order chi connectivity index (χ1) is 10.8. The van der Waals surface area contributed by atoms with Crippen LogP contribution in [0, 0.1) is 0 Å². The van der Waals surface area contributed by atoms with E-state index in [1.807, 2.05) is 17.5 Å². The van der Waals surface area contributed by atoms with Gasteiger partial charge in [0.1, 0.15) is 10.5 Å². The highest BCUT2D eigenvalue weighted by Crippen LogP contribution is 2.37. The van der Waals surface area contributed by atoms with Crippen molar-refractivity contribution in [3.63, 3.8) is 0 Å². The topological polar surface area (TPSA) is 109 Å². The van der Waals surface area contributed by atoms with Gasteiger partial charge in [-0.2, -0.15) is 5.21 Å². The fraction of sp³-hybridized carbons (Fsp3) is 0. The summed E-state index contributed by atoms with van der Waals surface area (Å²) in [5, 5.41) is 21.7. The lowest BCUT2D eigenvalue weighted by atomic mass is 10.3. The molecular weight excluding hydrogens is 360 g/mol. The number of nitrogens with one attached hydrogen (secondary N) is 2. The smallest absolute Gasteiger partial charge is 0.238 e. The predicted octanol–water partition coefficient (Wildman–Crippen LogP) is 2.52. The van der Waals surface area contributed by atoms with Crippen LogP contribution in [0.5, 0.6) is 0 Å². The monoisotopic (exact) mass is 366 g/mol. The summed E-state index contributed by atoms with van der Waals surface area (Å²) in [5.74, 6) is 0. The van der Waals surface area contributed by atoms with Gasteiger partial charge in [0.25, 0.3) is 0 Å². The second-order valence-corrected chi connectivity index (χ2v) is 7.07. The highest BCUT2D eigenvalue weighted by Gasteiger charge is 2.14. The van der Waals surface area contributed by atoms with E-state index < -0.39 is 0 Å². The summed E-state index contributed by atoms with van der Waals surface area (Å²) in [6, 6.07) is 3.86. The third-order valence-electron chi connectivity index (χ3n) is 2.63. The van der Waals surface area contributed by atoms with E-state index in [0.29, 0.717) is 10.3 Å². The zero-order valence-electron chi connectivity index (χ0n) is 10.6. The normalized spacial score (nSPS) is 11.3. The Labute approximate surface area is 141 Å². The second-order valence-electron chi connectivity index (χ2n) is 3.99. The van der Waals surface area contributed by atoms with Crippen molar-refractivity contribution in [3.8, 4) is 0 Å². The molecule has 0 aliphatic rings. The van der Waals surface area contributed by atoms with Gasteiger partial charge in [0.15, 0.2) is 5.16 Å². The number of hydrogen-bond acceptors (Lipinski definition) is 10. The molecule has 0 spiro atoms. The number of rotatable bonds is 4. The first-order valence-corrected chi connectivity index (χ1v) is 8.79. The van der Waals surface area contributed by atoms with E-state index in [1.165, 1.54) is 35.1 Å². The van der Waals surface area contributed by atoms with E-state index in [-0.39, 0.29) is 0 Å². The SMILES string of the molecule is Sc1ccc2[nH]c(Sc3nn[nH]n3)nc2c1Sc1csnn1. The number of H-pyrrole nitrogens is 2. The lowest BCUT2D eigenvalue weighted by Gasteiger charge is -2.02. The number of nitrogens with zero attached hydrogens (tertiary/aromatic N) is 6. The van der Waals surface area contributed by atoms with Crippen LogP contribution in [0.3, 0.4) is 0 Å². The maximum absolute atomic E-state index is 4.60. The number of hydrogen-bond donors (Lipinski definition) is 3. The molecule has 110 valence electrons. The quantitative estimate of drug-likeness (QED) is 0.473. The summed E-state index contributed by atoms with van der Waals surface area (Å²) in [5.41, 5.74) is 1.74. The Kier molecular flexibility index (Phi) is 3.73. The van der Waals surface area contributed by atoms with Gasteiger partial charge in [-0.3, -0.25) is 0 Å². The van der Waals surface area contributed by atoms with Gasteiger partial charge < -0.3 is 4.98 Å². The van der Waals surface area contributed by atoms with Crippen molar-refractivity contribution in [3.05, 3.63) is 17.5 Å². The summed E-state index contributed by atoms with van der Waals surface area (Å²) in [6.07, 6.45) is 0. The molecule has 0 aliphatic carbocycles. The molecule has 0 bridgehead atoms. The summed E-state index contributed by atoms with van der Waals surface area (Å²) in [7, 11) is 0. The van der Waals surface area contributed by atoms with Crippen molar-refractivity contribution in [2.45, 2.75) is 25.1 Å². The summed E-state index contributed by atoms with van der Waals surface area (Å²) in [4.78, 5) is 9.61. The van der Waals surface area contributed by atoms with Gasteiger partial charge in [-0.15, -0.1) is 27.9 Å². The molecule has 1 aromatic carbocycles. The summed E-state index contributed by atoms with van der Waals surface area (Å²) in [6.45, 7) is 0. The van der Waals surface area contributed by atoms with Crippen LogP contribution >= 0.6 is 47.7 Å². The largest absolute Gasteiger partial charge is 0.332 e. The Morgan fingerprint density at radius 2 is 2.14 bits per heavy atom. The van der Waals surface area contributed by atoms with Gasteiger partial charge in [0.2, 0.25) is 5.16 Å². The fourth-order valence-corrected chi connectivity index (χ4v) is 4.12. The van der Waals surface area contributed by atoms with Crippen LogP contribution in [0.25, 0.3) is 11.0 Å². The number of tetrazole rings is 1. The zero-order chi connectivity index (χ0) is 14.9. The van der Waals surface area contributed by atoms with Gasteiger partial charge in [-0.1, -0.05) is 16.3 Å². The highest BCUT2D eigenvalue weighted by atomic mass is 32.2. The first-order valence-electron chi connectivity index (χ1n) is 5.87. The molecule has 4 aromatic rings. The van der Waals surface area contributed by atoms with E-state index in [9.17, 15) is 0 Å². The minimum atomic E-state index is 0.503. The molecular formula is C10H6N8S4. The Hall–Kier alpha value is -1.63. The molecule has 0 atom stereocenters. The van der Waals surface area contributed by atoms with E-state index in [4.69, 9.17) is 0 Å². The average molecular weight is 366 g/mol. The molecule has 0 saturated carbocycles. The fourth-order valence-electron chi connectivity index (χ4n) is 1.75. The molecule has 4 rings (SSSR count). The second kappa shape index (κ2) is 5.87. The molecule has 0 aliphatic heterocycles. The van der Waals surface area contributed by atoms with Crippen LogP contribution in [-0.2, 0) is 0 Å². The van der Waals surface area contributed by atoms with E-state index in [2.05, 4.69) is 52.8 Å². The van der Waals surface area contributed by atoms with Crippen molar-refractivity contribution in [2.75, 3.05) is 0 Å². The standard InChI is InChI=1S/C10H6N8S4/c19-5-2-1-4-7(8(5)21-6-3-20-18-13-6)12-9(11-4)22-10-14-16-17-15-10/h1-3,19H,(H,11,12)(H,14,15,16,17). The Balaban J connectivity index is 1.75. The molecule has 0 unspecified atom stereocenters. The molecule has 3 heterocycles. The number of imidazole rings is 1. The minimum absolute atomic E-state index is 0.503. The van der Waals surface area contributed by atoms with Crippen molar-refractivity contribution in [1.29, 1.82) is 0 Å². The third-order valence-corrected chi connectivity index (χ3v) is 5.57. The first kappa shape index (κ1) is 14.0. The van der Waals surface area contributed by atoms with Crippen LogP contribution < -0.4 is 0 Å². The predicted molar refractivity (Wildman–Crippen MR) is 85.7 cm³/mol. The van der Waals surface area contributed by atoms with Crippen molar-refractivity contribution < 1.29 is 0 Å². The maximum atomic E-state index is 4.60. The van der Waals surface area contributed by atoms with Crippen molar-refractivity contribution >= 4 is 58.7 Å². The number of thiol groups is 1. The van der Waals surface area contributed by atoms with Crippen LogP contribution in [0.4, 0.5) is 0 Å².